The Morgan fingerprint density at radius 3 is 2.39 bits per heavy atom. The highest BCUT2D eigenvalue weighted by atomic mass is 16.5. The molecule has 1 aliphatic rings. The van der Waals surface area contributed by atoms with E-state index in [-0.39, 0.29) is 18.9 Å². The van der Waals surface area contributed by atoms with Crippen molar-refractivity contribution in [1.29, 1.82) is 0 Å². The van der Waals surface area contributed by atoms with Crippen LogP contribution in [-0.4, -0.2) is 47.5 Å². The molecule has 1 saturated heterocycles. The van der Waals surface area contributed by atoms with Crippen LogP contribution in [0.4, 0.5) is 0 Å². The molecule has 0 aromatic heterocycles. The summed E-state index contributed by atoms with van der Waals surface area (Å²) in [5.74, 6) is -2.40. The van der Waals surface area contributed by atoms with Crippen molar-refractivity contribution in [1.82, 2.24) is 4.90 Å². The van der Waals surface area contributed by atoms with Gasteiger partial charge in [-0.3, -0.25) is 9.59 Å². The van der Waals surface area contributed by atoms with Gasteiger partial charge in [-0.15, -0.1) is 0 Å². The van der Waals surface area contributed by atoms with Gasteiger partial charge >= 0.3 is 11.9 Å². The van der Waals surface area contributed by atoms with Gasteiger partial charge in [-0.2, -0.15) is 0 Å². The zero-order valence-corrected chi connectivity index (χ0v) is 11.1. The molecule has 102 valence electrons. The smallest absolute Gasteiger partial charge is 0.326 e. The van der Waals surface area contributed by atoms with Crippen molar-refractivity contribution in [3.63, 3.8) is 0 Å². The fourth-order valence-electron chi connectivity index (χ4n) is 2.28. The molecule has 0 aliphatic carbocycles. The average molecular weight is 257 g/mol. The Labute approximate surface area is 106 Å². The van der Waals surface area contributed by atoms with E-state index < -0.39 is 29.3 Å². The highest BCUT2D eigenvalue weighted by Crippen LogP contribution is 2.30. The first-order valence-electron chi connectivity index (χ1n) is 5.78. The van der Waals surface area contributed by atoms with E-state index in [1.807, 2.05) is 0 Å². The Morgan fingerprint density at radius 2 is 2.00 bits per heavy atom. The number of esters is 1. The van der Waals surface area contributed by atoms with Gasteiger partial charge in [0.25, 0.3) is 0 Å². The molecule has 0 bridgehead atoms. The van der Waals surface area contributed by atoms with Crippen LogP contribution in [0.25, 0.3) is 0 Å². The first-order valence-corrected chi connectivity index (χ1v) is 5.78. The average Bonchev–Trinajstić information content (AvgIpc) is 2.57. The van der Waals surface area contributed by atoms with Crippen molar-refractivity contribution in [3.8, 4) is 0 Å². The SMILES string of the molecule is COC(=O)C1CC(=O)N([C@H](C(=O)O)C(C)(C)C)C1. The number of methoxy groups -OCH3 is 1. The predicted molar refractivity (Wildman–Crippen MR) is 62.7 cm³/mol. The summed E-state index contributed by atoms with van der Waals surface area (Å²) in [6, 6.07) is -0.931. The van der Waals surface area contributed by atoms with Crippen LogP contribution in [0, 0.1) is 11.3 Å². The third kappa shape index (κ3) is 2.80. The lowest BCUT2D eigenvalue weighted by atomic mass is 9.85. The summed E-state index contributed by atoms with van der Waals surface area (Å²) in [4.78, 5) is 35.8. The summed E-state index contributed by atoms with van der Waals surface area (Å²) >= 11 is 0. The minimum atomic E-state index is -1.05. The van der Waals surface area contributed by atoms with Gasteiger partial charge in [-0.05, 0) is 5.41 Å². The summed E-state index contributed by atoms with van der Waals surface area (Å²) in [5.41, 5.74) is -0.591. The van der Waals surface area contributed by atoms with Crippen LogP contribution >= 0.6 is 0 Å². The van der Waals surface area contributed by atoms with E-state index in [2.05, 4.69) is 4.74 Å². The van der Waals surface area contributed by atoms with Crippen molar-refractivity contribution >= 4 is 17.8 Å². The number of carboxylic acid groups (broad SMARTS) is 1. The zero-order chi connectivity index (χ0) is 14.1. The maximum absolute atomic E-state index is 11.9. The quantitative estimate of drug-likeness (QED) is 0.745. The number of amides is 1. The van der Waals surface area contributed by atoms with Gasteiger partial charge in [0, 0.05) is 13.0 Å². The van der Waals surface area contributed by atoms with Crippen molar-refractivity contribution in [2.75, 3.05) is 13.7 Å². The van der Waals surface area contributed by atoms with Gasteiger partial charge in [-0.25, -0.2) is 4.79 Å². The van der Waals surface area contributed by atoms with E-state index in [9.17, 15) is 19.5 Å². The van der Waals surface area contributed by atoms with Gasteiger partial charge in [0.1, 0.15) is 6.04 Å². The minimum absolute atomic E-state index is 0.0204. The normalized spacial score (nSPS) is 21.9. The number of carbonyl (C=O) groups is 3. The predicted octanol–water partition coefficient (Wildman–Crippen LogP) is 0.507. The minimum Gasteiger partial charge on any atom is -0.480 e. The van der Waals surface area contributed by atoms with E-state index in [0.717, 1.165) is 0 Å². The van der Waals surface area contributed by atoms with Crippen molar-refractivity contribution < 1.29 is 24.2 Å². The number of carboxylic acids is 1. The summed E-state index contributed by atoms with van der Waals surface area (Å²) < 4.78 is 4.59. The molecular weight excluding hydrogens is 238 g/mol. The third-order valence-corrected chi connectivity index (χ3v) is 3.06. The first kappa shape index (κ1) is 14.5. The lowest BCUT2D eigenvalue weighted by molar-refractivity contribution is -0.153. The second-order valence-electron chi connectivity index (χ2n) is 5.58. The summed E-state index contributed by atoms with van der Waals surface area (Å²) in [6.45, 7) is 5.37. The number of ether oxygens (including phenoxy) is 1. The number of carbonyl (C=O) groups excluding carboxylic acids is 2. The molecule has 1 unspecified atom stereocenters. The Morgan fingerprint density at radius 1 is 1.44 bits per heavy atom. The lowest BCUT2D eigenvalue weighted by Gasteiger charge is -2.34. The van der Waals surface area contributed by atoms with Crippen LogP contribution in [0.15, 0.2) is 0 Å². The monoisotopic (exact) mass is 257 g/mol. The second kappa shape index (κ2) is 4.96. The molecule has 0 aromatic rings. The molecule has 2 atom stereocenters. The van der Waals surface area contributed by atoms with E-state index in [1.54, 1.807) is 20.8 Å². The number of hydrogen-bond donors (Lipinski definition) is 1. The van der Waals surface area contributed by atoms with Gasteiger partial charge < -0.3 is 14.7 Å². The fourth-order valence-corrected chi connectivity index (χ4v) is 2.28. The van der Waals surface area contributed by atoms with Crippen LogP contribution in [-0.2, 0) is 19.1 Å². The molecule has 1 amide bonds. The van der Waals surface area contributed by atoms with Crippen LogP contribution in [0.2, 0.25) is 0 Å². The fraction of sp³-hybridized carbons (Fsp3) is 0.750. The summed E-state index contributed by atoms with van der Waals surface area (Å²) in [7, 11) is 1.26. The molecule has 1 aliphatic heterocycles. The summed E-state index contributed by atoms with van der Waals surface area (Å²) in [6.07, 6.45) is 0.0204. The van der Waals surface area contributed by atoms with Gasteiger partial charge in [0.05, 0.1) is 13.0 Å². The number of rotatable bonds is 3. The van der Waals surface area contributed by atoms with Crippen LogP contribution < -0.4 is 0 Å². The molecule has 0 radical (unpaired) electrons. The highest BCUT2D eigenvalue weighted by Gasteiger charge is 2.45. The highest BCUT2D eigenvalue weighted by molar-refractivity contribution is 5.90. The lowest BCUT2D eigenvalue weighted by Crippen LogP contribution is -2.50. The number of aliphatic carboxylic acids is 1. The molecule has 1 rings (SSSR count). The third-order valence-electron chi connectivity index (χ3n) is 3.06. The van der Waals surface area contributed by atoms with Crippen LogP contribution in [0.5, 0.6) is 0 Å². The number of nitrogens with zero attached hydrogens (tertiary/aromatic N) is 1. The molecular formula is C12H19NO5. The molecule has 1 fully saturated rings. The molecule has 1 N–H and O–H groups in total. The van der Waals surface area contributed by atoms with Crippen LogP contribution in [0.3, 0.4) is 0 Å². The largest absolute Gasteiger partial charge is 0.480 e. The zero-order valence-electron chi connectivity index (χ0n) is 11.1. The van der Waals surface area contributed by atoms with E-state index in [0.29, 0.717) is 0 Å². The molecule has 18 heavy (non-hydrogen) atoms. The maximum atomic E-state index is 11.9. The topological polar surface area (TPSA) is 83.9 Å². The van der Waals surface area contributed by atoms with Gasteiger partial charge in [0.2, 0.25) is 5.91 Å². The Balaban J connectivity index is 2.92. The number of likely N-dealkylation sites (tertiary alicyclic amines) is 1. The maximum Gasteiger partial charge on any atom is 0.326 e. The Bertz CT molecular complexity index is 371. The molecule has 0 spiro atoms. The molecule has 0 aromatic carbocycles. The van der Waals surface area contributed by atoms with Crippen molar-refractivity contribution in [2.45, 2.75) is 33.2 Å². The van der Waals surface area contributed by atoms with Crippen molar-refractivity contribution in [2.24, 2.45) is 11.3 Å². The molecule has 6 nitrogen and oxygen atoms in total. The Kier molecular flexibility index (Phi) is 3.98. The molecule has 0 saturated carbocycles. The molecule has 6 heteroatoms. The first-order chi connectivity index (χ1) is 8.18. The molecule has 1 heterocycles. The number of hydrogen-bond acceptors (Lipinski definition) is 4. The standard InChI is InChI=1S/C12H19NO5/c1-12(2,3)9(10(15)16)13-6-7(5-8(13)14)11(17)18-4/h7,9H,5-6H2,1-4H3,(H,15,16)/t7?,9-/m1/s1. The van der Waals surface area contributed by atoms with Gasteiger partial charge in [0.15, 0.2) is 0 Å². The van der Waals surface area contributed by atoms with E-state index in [4.69, 9.17) is 0 Å². The second-order valence-corrected chi connectivity index (χ2v) is 5.58. The van der Waals surface area contributed by atoms with Crippen LogP contribution in [0.1, 0.15) is 27.2 Å². The van der Waals surface area contributed by atoms with E-state index >= 15 is 0 Å². The van der Waals surface area contributed by atoms with Crippen molar-refractivity contribution in [3.05, 3.63) is 0 Å². The Hall–Kier alpha value is -1.59. The summed E-state index contributed by atoms with van der Waals surface area (Å²) in [5, 5.41) is 9.26. The van der Waals surface area contributed by atoms with Gasteiger partial charge in [-0.1, -0.05) is 20.8 Å². The van der Waals surface area contributed by atoms with E-state index in [1.165, 1.54) is 12.0 Å².